The van der Waals surface area contributed by atoms with Crippen molar-refractivity contribution in [3.05, 3.63) is 109 Å². The average molecular weight is 726 g/mol. The van der Waals surface area contributed by atoms with E-state index in [0.717, 1.165) is 5.56 Å². The lowest BCUT2D eigenvalue weighted by molar-refractivity contribution is 0.0732. The highest BCUT2D eigenvalue weighted by molar-refractivity contribution is 9.11. The summed E-state index contributed by atoms with van der Waals surface area (Å²) in [7, 11) is 3.09. The number of benzene rings is 4. The number of hydrogen-bond acceptors (Lipinski definition) is 6. The molecule has 0 bridgehead atoms. The van der Waals surface area contributed by atoms with Gasteiger partial charge >= 0.3 is 5.97 Å². The Morgan fingerprint density at radius 3 is 2.42 bits per heavy atom. The minimum absolute atomic E-state index is 0.199. The first-order valence-corrected chi connectivity index (χ1v) is 14.8. The molecule has 5 rings (SSSR count). The molecular weight excluding hydrogens is 702 g/mol. The highest BCUT2D eigenvalue weighted by atomic mass is 79.9. The molecule has 218 valence electrons. The van der Waals surface area contributed by atoms with Crippen molar-refractivity contribution in [3.8, 4) is 28.4 Å². The molecule has 0 spiro atoms. The predicted molar refractivity (Wildman–Crippen MR) is 175 cm³/mol. The van der Waals surface area contributed by atoms with E-state index in [-0.39, 0.29) is 11.4 Å². The van der Waals surface area contributed by atoms with E-state index in [4.69, 9.17) is 25.8 Å². The number of H-pyrrole nitrogens is 1. The Morgan fingerprint density at radius 1 is 0.953 bits per heavy atom. The van der Waals surface area contributed by atoms with E-state index in [2.05, 4.69) is 47.4 Å². The van der Waals surface area contributed by atoms with Crippen LogP contribution in [-0.2, 0) is 0 Å². The van der Waals surface area contributed by atoms with Crippen LogP contribution in [0.4, 0.5) is 0 Å². The normalized spacial score (nSPS) is 11.1. The Balaban J connectivity index is 1.51. The monoisotopic (exact) mass is 723 g/mol. The van der Waals surface area contributed by atoms with E-state index in [1.54, 1.807) is 62.8 Å². The lowest BCUT2D eigenvalue weighted by Crippen LogP contribution is -2.19. The second-order valence-electron chi connectivity index (χ2n) is 9.34. The number of ether oxygens (including phenoxy) is 3. The topological polar surface area (TPSA) is 102 Å². The van der Waals surface area contributed by atoms with Gasteiger partial charge in [0.15, 0.2) is 5.75 Å². The zero-order valence-corrected chi connectivity index (χ0v) is 27.1. The molecule has 0 atom stereocenters. The van der Waals surface area contributed by atoms with Crippen LogP contribution < -0.4 is 19.6 Å². The first-order chi connectivity index (χ1) is 20.7. The summed E-state index contributed by atoms with van der Waals surface area (Å²) in [5, 5.41) is 5.27. The summed E-state index contributed by atoms with van der Waals surface area (Å²) >= 11 is 13.5. The van der Waals surface area contributed by atoms with Gasteiger partial charge in [-0.2, -0.15) is 5.10 Å². The number of aryl methyl sites for hydroxylation is 1. The van der Waals surface area contributed by atoms with Crippen LogP contribution in [0.3, 0.4) is 0 Å². The molecule has 0 saturated carbocycles. The molecule has 0 aliphatic rings. The molecule has 1 amide bonds. The first kappa shape index (κ1) is 30.3. The zero-order chi connectivity index (χ0) is 30.7. The van der Waals surface area contributed by atoms with Crippen molar-refractivity contribution < 1.29 is 23.8 Å². The summed E-state index contributed by atoms with van der Waals surface area (Å²) in [6, 6.07) is 21.3. The van der Waals surface area contributed by atoms with Crippen molar-refractivity contribution in [2.24, 2.45) is 5.10 Å². The molecule has 0 aliphatic heterocycles. The Hall–Kier alpha value is -4.12. The fraction of sp³-hybridized carbons (Fsp3) is 0.0938. The minimum Gasteiger partial charge on any atom is -0.496 e. The number of nitrogens with zero attached hydrogens (tertiary/aromatic N) is 1. The molecule has 0 aliphatic carbocycles. The number of carbonyl (C=O) groups excluding carboxylic acids is 2. The lowest BCUT2D eigenvalue weighted by Gasteiger charge is -2.11. The van der Waals surface area contributed by atoms with Gasteiger partial charge in [-0.05, 0) is 65.3 Å². The van der Waals surface area contributed by atoms with Crippen molar-refractivity contribution in [3.63, 3.8) is 0 Å². The van der Waals surface area contributed by atoms with Gasteiger partial charge in [-0.15, -0.1) is 0 Å². The van der Waals surface area contributed by atoms with E-state index in [0.29, 0.717) is 58.6 Å². The summed E-state index contributed by atoms with van der Waals surface area (Å²) in [6.07, 6.45) is 1.39. The average Bonchev–Trinajstić information content (AvgIpc) is 3.39. The van der Waals surface area contributed by atoms with Gasteiger partial charge < -0.3 is 19.2 Å². The fourth-order valence-corrected chi connectivity index (χ4v) is 6.19. The predicted octanol–water partition coefficient (Wildman–Crippen LogP) is 8.32. The molecule has 5 aromatic rings. The zero-order valence-electron chi connectivity index (χ0n) is 23.1. The second-order valence-corrected chi connectivity index (χ2v) is 11.5. The van der Waals surface area contributed by atoms with Crippen molar-refractivity contribution in [1.82, 2.24) is 10.4 Å². The maximum atomic E-state index is 13.6. The number of aromatic nitrogens is 1. The van der Waals surface area contributed by atoms with Crippen LogP contribution in [0.25, 0.3) is 22.0 Å². The molecule has 1 heterocycles. The van der Waals surface area contributed by atoms with Gasteiger partial charge in [0.1, 0.15) is 17.2 Å². The third kappa shape index (κ3) is 6.31. The molecule has 0 fully saturated rings. The van der Waals surface area contributed by atoms with E-state index in [1.807, 2.05) is 31.2 Å². The van der Waals surface area contributed by atoms with Crippen LogP contribution in [-0.4, -0.2) is 37.3 Å². The quantitative estimate of drug-likeness (QED) is 0.0726. The van der Waals surface area contributed by atoms with Crippen LogP contribution in [0.5, 0.6) is 17.2 Å². The summed E-state index contributed by atoms with van der Waals surface area (Å²) in [5.41, 5.74) is 6.26. The molecule has 0 unspecified atom stereocenters. The molecule has 8 nitrogen and oxygen atoms in total. The van der Waals surface area contributed by atoms with E-state index in [1.165, 1.54) is 6.21 Å². The Morgan fingerprint density at radius 2 is 1.70 bits per heavy atom. The second kappa shape index (κ2) is 13.0. The highest BCUT2D eigenvalue weighted by Crippen LogP contribution is 2.44. The van der Waals surface area contributed by atoms with Gasteiger partial charge in [-0.25, -0.2) is 10.2 Å². The van der Waals surface area contributed by atoms with Gasteiger partial charge in [0.05, 0.1) is 41.4 Å². The molecule has 2 N–H and O–H groups in total. The molecule has 1 aromatic heterocycles. The molecule has 43 heavy (non-hydrogen) atoms. The van der Waals surface area contributed by atoms with Gasteiger partial charge in [0.25, 0.3) is 5.91 Å². The molecule has 0 radical (unpaired) electrons. The number of hydrogen-bond donors (Lipinski definition) is 2. The summed E-state index contributed by atoms with van der Waals surface area (Å²) in [6.45, 7) is 1.89. The number of fused-ring (bicyclic) bond motifs is 1. The van der Waals surface area contributed by atoms with Gasteiger partial charge in [-0.3, -0.25) is 4.79 Å². The number of halogens is 3. The number of hydrazone groups is 1. The number of esters is 1. The van der Waals surface area contributed by atoms with Gasteiger partial charge in [-0.1, -0.05) is 63.4 Å². The number of carbonyl (C=O) groups is 2. The summed E-state index contributed by atoms with van der Waals surface area (Å²) in [4.78, 5) is 29.7. The Labute approximate surface area is 269 Å². The molecular formula is C32H24Br2ClN3O5. The highest BCUT2D eigenvalue weighted by Gasteiger charge is 2.25. The molecule has 0 saturated heterocycles. The van der Waals surface area contributed by atoms with E-state index < -0.39 is 11.9 Å². The van der Waals surface area contributed by atoms with Gasteiger partial charge in [0, 0.05) is 26.2 Å². The smallest absolute Gasteiger partial charge is 0.343 e. The van der Waals surface area contributed by atoms with Crippen molar-refractivity contribution in [2.45, 2.75) is 6.92 Å². The standard InChI is InChI=1S/C32H24Br2ClN3O5/c1-17-7-6-8-18(13-17)32(40)43-30-19(14-20(33)15-22(30)34)16-36-38-31(39)29-26(21-9-4-5-10-23(21)35)27-24(41-2)11-12-25(42-3)28(27)37-29/h4-16,37H,1-3H3,(H,38,39). The molecule has 11 heteroatoms. The van der Waals surface area contributed by atoms with E-state index in [9.17, 15) is 9.59 Å². The van der Waals surface area contributed by atoms with Crippen molar-refractivity contribution in [1.29, 1.82) is 0 Å². The van der Waals surface area contributed by atoms with Crippen LogP contribution in [0.1, 0.15) is 32.0 Å². The van der Waals surface area contributed by atoms with Crippen molar-refractivity contribution >= 4 is 72.5 Å². The number of aromatic amines is 1. The van der Waals surface area contributed by atoms with E-state index >= 15 is 0 Å². The third-order valence-corrected chi connectivity index (χ3v) is 7.92. The molecule has 4 aromatic carbocycles. The third-order valence-electron chi connectivity index (χ3n) is 6.54. The fourth-order valence-electron chi connectivity index (χ4n) is 4.62. The number of methoxy groups -OCH3 is 2. The maximum absolute atomic E-state index is 13.6. The maximum Gasteiger partial charge on any atom is 0.343 e. The first-order valence-electron chi connectivity index (χ1n) is 12.8. The Bertz CT molecular complexity index is 1900. The lowest BCUT2D eigenvalue weighted by atomic mass is 10.0. The van der Waals surface area contributed by atoms with Crippen LogP contribution >= 0.6 is 43.5 Å². The minimum atomic E-state index is -0.543. The summed E-state index contributed by atoms with van der Waals surface area (Å²) < 4.78 is 18.2. The number of rotatable bonds is 8. The van der Waals surface area contributed by atoms with Crippen molar-refractivity contribution in [2.75, 3.05) is 14.2 Å². The number of amides is 1. The van der Waals surface area contributed by atoms with Crippen LogP contribution in [0.2, 0.25) is 5.02 Å². The largest absolute Gasteiger partial charge is 0.496 e. The van der Waals surface area contributed by atoms with Crippen LogP contribution in [0, 0.1) is 6.92 Å². The summed E-state index contributed by atoms with van der Waals surface area (Å²) in [5.74, 6) is 0.216. The number of nitrogens with one attached hydrogen (secondary N) is 2. The van der Waals surface area contributed by atoms with Crippen LogP contribution in [0.15, 0.2) is 86.8 Å². The van der Waals surface area contributed by atoms with Gasteiger partial charge in [0.2, 0.25) is 0 Å². The SMILES string of the molecule is COc1ccc(OC)c2c(-c3ccccc3Cl)c(C(=O)NN=Cc3cc(Br)cc(Br)c3OC(=O)c3cccc(C)c3)[nH]c12. The Kier molecular flexibility index (Phi) is 9.19.